The largest absolute Gasteiger partial charge is 0.492 e. The van der Waals surface area contributed by atoms with E-state index in [9.17, 15) is 4.79 Å². The van der Waals surface area contributed by atoms with Gasteiger partial charge in [-0.1, -0.05) is 13.8 Å². The first-order valence-electron chi connectivity index (χ1n) is 6.77. The van der Waals surface area contributed by atoms with Gasteiger partial charge in [-0.2, -0.15) is 0 Å². The van der Waals surface area contributed by atoms with Crippen molar-refractivity contribution in [1.29, 1.82) is 0 Å². The Kier molecular flexibility index (Phi) is 6.60. The zero-order valence-corrected chi connectivity index (χ0v) is 13.2. The number of methoxy groups -OCH3 is 1. The van der Waals surface area contributed by atoms with E-state index >= 15 is 0 Å². The van der Waals surface area contributed by atoms with Gasteiger partial charge in [0.15, 0.2) is 5.75 Å². The van der Waals surface area contributed by atoms with Crippen LogP contribution in [0.25, 0.3) is 0 Å². The molecule has 5 N–H and O–H groups in total. The average Bonchev–Trinajstić information content (AvgIpc) is 2.75. The van der Waals surface area contributed by atoms with Crippen molar-refractivity contribution in [2.45, 2.75) is 20.3 Å². The van der Waals surface area contributed by atoms with Gasteiger partial charge in [0, 0.05) is 6.54 Å². The van der Waals surface area contributed by atoms with E-state index in [1.807, 2.05) is 0 Å². The number of anilines is 2. The summed E-state index contributed by atoms with van der Waals surface area (Å²) in [4.78, 5) is 14.0. The van der Waals surface area contributed by atoms with Crippen LogP contribution in [0.4, 0.5) is 10.7 Å². The predicted molar refractivity (Wildman–Crippen MR) is 84.7 cm³/mol. The van der Waals surface area contributed by atoms with Crippen LogP contribution in [0, 0.1) is 0 Å². The maximum absolute atomic E-state index is 11.3. The minimum atomic E-state index is -0.526. The van der Waals surface area contributed by atoms with Crippen molar-refractivity contribution in [2.24, 2.45) is 5.73 Å². The Hall–Kier alpha value is -1.47. The van der Waals surface area contributed by atoms with E-state index in [-0.39, 0.29) is 0 Å². The first-order valence-corrected chi connectivity index (χ1v) is 7.59. The normalized spacial score (nSPS) is 10.8. The second kappa shape index (κ2) is 7.96. The first-order chi connectivity index (χ1) is 9.54. The summed E-state index contributed by atoms with van der Waals surface area (Å²) in [7, 11) is 1.53. The van der Waals surface area contributed by atoms with Gasteiger partial charge in [-0.15, -0.1) is 11.3 Å². The number of nitrogens with two attached hydrogens (primary N) is 2. The number of carbonyl (C=O) groups is 1. The number of hydrogen-bond acceptors (Lipinski definition) is 6. The Morgan fingerprint density at radius 1 is 1.40 bits per heavy atom. The van der Waals surface area contributed by atoms with Crippen LogP contribution in [0.2, 0.25) is 0 Å². The van der Waals surface area contributed by atoms with Crippen molar-refractivity contribution in [3.05, 3.63) is 4.88 Å². The molecular formula is C13H24N4O2S. The fourth-order valence-corrected chi connectivity index (χ4v) is 2.94. The van der Waals surface area contributed by atoms with Crippen LogP contribution < -0.4 is 21.5 Å². The highest BCUT2D eigenvalue weighted by molar-refractivity contribution is 7.19. The smallest absolute Gasteiger partial charge is 0.261 e. The molecule has 0 aliphatic rings. The molecule has 20 heavy (non-hydrogen) atoms. The molecule has 1 aromatic heterocycles. The second-order valence-corrected chi connectivity index (χ2v) is 5.40. The zero-order chi connectivity index (χ0) is 15.1. The molecule has 0 aromatic carbocycles. The topological polar surface area (TPSA) is 93.6 Å². The highest BCUT2D eigenvalue weighted by atomic mass is 32.1. The fraction of sp³-hybridized carbons (Fsp3) is 0.615. The standard InChI is InChI=1S/C13H24N4O2S/c1-4-17(5-2)8-6-7-16-13-10(19-3)9(14)11(20-13)12(15)18/h16H,4-8,14H2,1-3H3,(H2,15,18). The Morgan fingerprint density at radius 2 is 2.05 bits per heavy atom. The Morgan fingerprint density at radius 3 is 2.55 bits per heavy atom. The van der Waals surface area contributed by atoms with E-state index in [4.69, 9.17) is 16.2 Å². The van der Waals surface area contributed by atoms with Gasteiger partial charge in [0.2, 0.25) is 0 Å². The summed E-state index contributed by atoms with van der Waals surface area (Å²) >= 11 is 1.24. The summed E-state index contributed by atoms with van der Waals surface area (Å²) in [6.45, 7) is 8.24. The lowest BCUT2D eigenvalue weighted by molar-refractivity contribution is 0.100. The molecule has 0 bridgehead atoms. The molecule has 0 saturated carbocycles. The summed E-state index contributed by atoms with van der Waals surface area (Å²) in [6.07, 6.45) is 1.01. The van der Waals surface area contributed by atoms with Gasteiger partial charge in [0.1, 0.15) is 15.6 Å². The van der Waals surface area contributed by atoms with Crippen molar-refractivity contribution >= 4 is 27.9 Å². The van der Waals surface area contributed by atoms with Gasteiger partial charge in [-0.05, 0) is 26.1 Å². The molecule has 0 unspecified atom stereocenters. The van der Waals surface area contributed by atoms with Gasteiger partial charge in [0.05, 0.1) is 7.11 Å². The molecule has 1 heterocycles. The highest BCUT2D eigenvalue weighted by Gasteiger charge is 2.19. The van der Waals surface area contributed by atoms with Gasteiger partial charge >= 0.3 is 0 Å². The minimum Gasteiger partial charge on any atom is -0.492 e. The highest BCUT2D eigenvalue weighted by Crippen LogP contribution is 2.42. The molecule has 1 rings (SSSR count). The Labute approximate surface area is 124 Å². The van der Waals surface area contributed by atoms with Crippen molar-refractivity contribution in [2.75, 3.05) is 44.3 Å². The number of hydrogen-bond donors (Lipinski definition) is 3. The fourth-order valence-electron chi connectivity index (χ4n) is 1.98. The quantitative estimate of drug-likeness (QED) is 0.602. The van der Waals surface area contributed by atoms with Crippen LogP contribution in [0.3, 0.4) is 0 Å². The third kappa shape index (κ3) is 4.01. The molecule has 0 aliphatic carbocycles. The molecule has 0 aliphatic heterocycles. The summed E-state index contributed by atoms with van der Waals surface area (Å²) < 4.78 is 5.23. The maximum atomic E-state index is 11.3. The van der Waals surface area contributed by atoms with Crippen LogP contribution >= 0.6 is 11.3 Å². The maximum Gasteiger partial charge on any atom is 0.261 e. The van der Waals surface area contributed by atoms with Crippen molar-refractivity contribution in [1.82, 2.24) is 4.90 Å². The molecule has 0 radical (unpaired) electrons. The molecule has 0 atom stereocenters. The summed E-state index contributed by atoms with van der Waals surface area (Å²) in [6, 6.07) is 0. The van der Waals surface area contributed by atoms with E-state index in [1.165, 1.54) is 18.4 Å². The van der Waals surface area contributed by atoms with Crippen LogP contribution in [0.15, 0.2) is 0 Å². The Bertz CT molecular complexity index is 444. The van der Waals surface area contributed by atoms with Crippen LogP contribution in [0.5, 0.6) is 5.75 Å². The molecular weight excluding hydrogens is 276 g/mol. The van der Waals surface area contributed by atoms with E-state index in [2.05, 4.69) is 24.1 Å². The monoisotopic (exact) mass is 300 g/mol. The third-order valence-electron chi connectivity index (χ3n) is 3.16. The summed E-state index contributed by atoms with van der Waals surface area (Å²) in [5, 5.41) is 4.03. The van der Waals surface area contributed by atoms with Crippen molar-refractivity contribution < 1.29 is 9.53 Å². The van der Waals surface area contributed by atoms with E-state index in [1.54, 1.807) is 0 Å². The molecule has 1 aromatic rings. The van der Waals surface area contributed by atoms with Crippen molar-refractivity contribution in [3.63, 3.8) is 0 Å². The number of ether oxygens (including phenoxy) is 1. The first kappa shape index (κ1) is 16.6. The number of amides is 1. The van der Waals surface area contributed by atoms with Gasteiger partial charge in [-0.3, -0.25) is 4.79 Å². The van der Waals surface area contributed by atoms with E-state index in [0.717, 1.165) is 37.6 Å². The van der Waals surface area contributed by atoms with E-state index < -0.39 is 5.91 Å². The van der Waals surface area contributed by atoms with Gasteiger partial charge in [0.25, 0.3) is 5.91 Å². The molecule has 0 spiro atoms. The average molecular weight is 300 g/mol. The van der Waals surface area contributed by atoms with Gasteiger partial charge < -0.3 is 26.4 Å². The zero-order valence-electron chi connectivity index (χ0n) is 12.4. The van der Waals surface area contributed by atoms with Crippen LogP contribution in [-0.2, 0) is 0 Å². The molecule has 6 nitrogen and oxygen atoms in total. The summed E-state index contributed by atoms with van der Waals surface area (Å²) in [5.74, 6) is -0.0198. The minimum absolute atomic E-state index is 0.316. The number of thiophene rings is 1. The Balaban J connectivity index is 2.59. The lowest BCUT2D eigenvalue weighted by atomic mass is 10.3. The molecule has 7 heteroatoms. The summed E-state index contributed by atoms with van der Waals surface area (Å²) in [5.41, 5.74) is 11.4. The number of nitrogen functional groups attached to an aromatic ring is 1. The third-order valence-corrected chi connectivity index (χ3v) is 4.32. The molecule has 0 saturated heterocycles. The number of nitrogens with zero attached hydrogens (tertiary/aromatic N) is 1. The van der Waals surface area contributed by atoms with Crippen molar-refractivity contribution in [3.8, 4) is 5.75 Å². The lowest BCUT2D eigenvalue weighted by Crippen LogP contribution is -2.25. The number of nitrogens with one attached hydrogen (secondary N) is 1. The SMILES string of the molecule is CCN(CC)CCCNc1sc(C(N)=O)c(N)c1OC. The number of rotatable bonds is 9. The predicted octanol–water partition coefficient (Wildman–Crippen LogP) is 1.58. The second-order valence-electron chi connectivity index (χ2n) is 4.38. The molecule has 114 valence electrons. The van der Waals surface area contributed by atoms with Gasteiger partial charge in [-0.25, -0.2) is 0 Å². The lowest BCUT2D eigenvalue weighted by Gasteiger charge is -2.17. The van der Waals surface area contributed by atoms with E-state index in [0.29, 0.717) is 16.3 Å². The number of carbonyl (C=O) groups excluding carboxylic acids is 1. The van der Waals surface area contributed by atoms with Crippen LogP contribution in [0.1, 0.15) is 29.9 Å². The number of primary amides is 1. The van der Waals surface area contributed by atoms with Crippen LogP contribution in [-0.4, -0.2) is 44.1 Å². The molecule has 0 fully saturated rings. The molecule has 1 amide bonds.